The number of amides is 1. The minimum atomic E-state index is -0.337. The molecule has 0 aliphatic rings. The van der Waals surface area contributed by atoms with Crippen LogP contribution in [0.15, 0.2) is 29.4 Å². The van der Waals surface area contributed by atoms with E-state index in [1.54, 1.807) is 4.68 Å². The summed E-state index contributed by atoms with van der Waals surface area (Å²) in [7, 11) is 0. The molecule has 3 aromatic rings. The van der Waals surface area contributed by atoms with Crippen LogP contribution in [-0.2, 0) is 11.3 Å². The lowest BCUT2D eigenvalue weighted by atomic mass is 10.2. The number of aromatic nitrogens is 6. The molecule has 2 aromatic heterocycles. The quantitative estimate of drug-likeness (QED) is 0.657. The second-order valence-electron chi connectivity index (χ2n) is 5.47. The number of benzene rings is 1. The van der Waals surface area contributed by atoms with Gasteiger partial charge in [0.15, 0.2) is 0 Å². The van der Waals surface area contributed by atoms with Gasteiger partial charge in [-0.3, -0.25) is 4.79 Å². The van der Waals surface area contributed by atoms with Gasteiger partial charge < -0.3 is 5.32 Å². The van der Waals surface area contributed by atoms with Crippen LogP contribution < -0.4 is 5.32 Å². The average Bonchev–Trinajstić information content (AvgIpc) is 3.21. The number of carbonyl (C=O) groups excluding carboxylic acids is 1. The molecule has 0 aliphatic heterocycles. The number of thioether (sulfide) groups is 1. The molecule has 0 saturated heterocycles. The van der Waals surface area contributed by atoms with Crippen LogP contribution in [-0.4, -0.2) is 41.0 Å². The van der Waals surface area contributed by atoms with Crippen LogP contribution in [0.1, 0.15) is 23.1 Å². The summed E-state index contributed by atoms with van der Waals surface area (Å²) in [6.07, 6.45) is 0. The van der Waals surface area contributed by atoms with Gasteiger partial charge in [-0.1, -0.05) is 28.4 Å². The summed E-state index contributed by atoms with van der Waals surface area (Å²) in [6, 6.07) is 7.87. The topological polar surface area (TPSA) is 98.5 Å². The van der Waals surface area contributed by atoms with Crippen molar-refractivity contribution in [2.75, 3.05) is 0 Å². The van der Waals surface area contributed by atoms with Crippen molar-refractivity contribution < 1.29 is 4.79 Å². The van der Waals surface area contributed by atoms with Crippen molar-refractivity contribution in [3.63, 3.8) is 0 Å². The molecule has 0 bridgehead atoms. The fourth-order valence-electron chi connectivity index (χ4n) is 2.11. The predicted octanol–water partition coefficient (Wildman–Crippen LogP) is 1.93. The Morgan fingerprint density at radius 2 is 2.20 bits per heavy atom. The summed E-state index contributed by atoms with van der Waals surface area (Å²) in [6.45, 7) is 6.13. The van der Waals surface area contributed by atoms with E-state index in [9.17, 15) is 4.79 Å². The largest absolute Gasteiger partial charge is 0.350 e. The summed E-state index contributed by atoms with van der Waals surface area (Å²) in [5, 5.41) is 18.9. The van der Waals surface area contributed by atoms with Crippen molar-refractivity contribution in [2.24, 2.45) is 0 Å². The molecule has 1 amide bonds. The van der Waals surface area contributed by atoms with Gasteiger partial charge >= 0.3 is 0 Å². The first kappa shape index (κ1) is 17.5. The molecule has 8 nitrogen and oxygen atoms in total. The fourth-order valence-corrected chi connectivity index (χ4v) is 3.51. The molecule has 25 heavy (non-hydrogen) atoms. The molecular weight excluding hydrogens is 358 g/mol. The normalized spacial score (nSPS) is 12.1. The van der Waals surface area contributed by atoms with E-state index in [4.69, 9.17) is 0 Å². The lowest BCUT2D eigenvalue weighted by Crippen LogP contribution is -2.30. The van der Waals surface area contributed by atoms with E-state index >= 15 is 0 Å². The van der Waals surface area contributed by atoms with E-state index < -0.39 is 0 Å². The average molecular weight is 375 g/mol. The Kier molecular flexibility index (Phi) is 5.39. The maximum absolute atomic E-state index is 12.3. The van der Waals surface area contributed by atoms with Gasteiger partial charge in [-0.25, -0.2) is 0 Å². The van der Waals surface area contributed by atoms with Gasteiger partial charge in [0.05, 0.1) is 28.1 Å². The molecule has 0 radical (unpaired) electrons. The summed E-state index contributed by atoms with van der Waals surface area (Å²) in [4.78, 5) is 13.3. The minimum Gasteiger partial charge on any atom is -0.350 e. The standard InChI is InChI=1S/C15H17N7OS2/c1-9-5-4-6-12(7-9)22-15(18-19-20-22)24-11(3)14(23)16-8-13-10(2)17-21-25-13/h4-7,11H,8H2,1-3H3,(H,16,23)/t11-/m1/s1. The Bertz CT molecular complexity index is 876. The molecule has 10 heteroatoms. The SMILES string of the molecule is Cc1cccc(-n2nnnc2S[C@H](C)C(=O)NCc2snnc2C)c1. The van der Waals surface area contributed by atoms with Crippen LogP contribution in [0.2, 0.25) is 0 Å². The lowest BCUT2D eigenvalue weighted by molar-refractivity contribution is -0.120. The van der Waals surface area contributed by atoms with E-state index in [1.165, 1.54) is 23.3 Å². The number of hydrogen-bond donors (Lipinski definition) is 1. The molecule has 0 aliphatic carbocycles. The van der Waals surface area contributed by atoms with Gasteiger partial charge in [0.25, 0.3) is 0 Å². The molecular formula is C15H17N7OS2. The zero-order valence-corrected chi connectivity index (χ0v) is 15.6. The molecule has 1 N–H and O–H groups in total. The molecule has 2 heterocycles. The summed E-state index contributed by atoms with van der Waals surface area (Å²) >= 11 is 2.60. The highest BCUT2D eigenvalue weighted by Gasteiger charge is 2.19. The third kappa shape index (κ3) is 4.20. The molecule has 1 aromatic carbocycles. The second kappa shape index (κ2) is 7.70. The van der Waals surface area contributed by atoms with Crippen LogP contribution in [0.3, 0.4) is 0 Å². The first-order valence-corrected chi connectivity index (χ1v) is 9.27. The van der Waals surface area contributed by atoms with Crippen molar-refractivity contribution in [1.29, 1.82) is 0 Å². The molecule has 0 saturated carbocycles. The molecule has 130 valence electrons. The van der Waals surface area contributed by atoms with Gasteiger partial charge in [-0.05, 0) is 60.4 Å². The molecule has 0 fully saturated rings. The first-order chi connectivity index (χ1) is 12.0. The van der Waals surface area contributed by atoms with E-state index in [0.29, 0.717) is 11.7 Å². The minimum absolute atomic E-state index is 0.0865. The maximum atomic E-state index is 12.3. The number of carbonyl (C=O) groups is 1. The van der Waals surface area contributed by atoms with Crippen LogP contribution in [0.25, 0.3) is 5.69 Å². The fraction of sp³-hybridized carbons (Fsp3) is 0.333. The molecule has 1 atom stereocenters. The Balaban J connectivity index is 1.65. The molecule has 3 rings (SSSR count). The maximum Gasteiger partial charge on any atom is 0.233 e. The highest BCUT2D eigenvalue weighted by atomic mass is 32.2. The number of aryl methyl sites for hydroxylation is 2. The zero-order chi connectivity index (χ0) is 17.8. The number of nitrogens with zero attached hydrogens (tertiary/aromatic N) is 6. The summed E-state index contributed by atoms with van der Waals surface area (Å²) in [5.41, 5.74) is 2.82. The van der Waals surface area contributed by atoms with Crippen molar-refractivity contribution in [3.05, 3.63) is 40.4 Å². The van der Waals surface area contributed by atoms with Crippen molar-refractivity contribution >= 4 is 29.2 Å². The highest BCUT2D eigenvalue weighted by Crippen LogP contribution is 2.23. The third-order valence-electron chi connectivity index (χ3n) is 3.51. The summed E-state index contributed by atoms with van der Waals surface area (Å²) < 4.78 is 5.50. The summed E-state index contributed by atoms with van der Waals surface area (Å²) in [5.74, 6) is -0.0865. The zero-order valence-electron chi connectivity index (χ0n) is 14.0. The Morgan fingerprint density at radius 1 is 1.36 bits per heavy atom. The lowest BCUT2D eigenvalue weighted by Gasteiger charge is -2.11. The smallest absolute Gasteiger partial charge is 0.233 e. The van der Waals surface area contributed by atoms with Crippen LogP contribution >= 0.6 is 23.3 Å². The molecule has 0 spiro atoms. The third-order valence-corrected chi connectivity index (χ3v) is 5.36. The number of hydrogen-bond acceptors (Lipinski definition) is 8. The van der Waals surface area contributed by atoms with Gasteiger partial charge in [-0.2, -0.15) is 4.68 Å². The van der Waals surface area contributed by atoms with Crippen molar-refractivity contribution in [2.45, 2.75) is 37.7 Å². The Hall–Kier alpha value is -2.33. The predicted molar refractivity (Wildman–Crippen MR) is 95.7 cm³/mol. The highest BCUT2D eigenvalue weighted by molar-refractivity contribution is 8.00. The van der Waals surface area contributed by atoms with Crippen LogP contribution in [0.4, 0.5) is 0 Å². The van der Waals surface area contributed by atoms with Crippen molar-refractivity contribution in [1.82, 2.24) is 35.1 Å². The van der Waals surface area contributed by atoms with E-state index in [1.807, 2.05) is 45.0 Å². The number of nitrogens with one attached hydrogen (secondary N) is 1. The van der Waals surface area contributed by atoms with E-state index in [2.05, 4.69) is 30.4 Å². The first-order valence-electron chi connectivity index (χ1n) is 7.62. The van der Waals surface area contributed by atoms with Gasteiger partial charge in [0, 0.05) is 0 Å². The van der Waals surface area contributed by atoms with Crippen LogP contribution in [0, 0.1) is 13.8 Å². The second-order valence-corrected chi connectivity index (χ2v) is 7.62. The van der Waals surface area contributed by atoms with Crippen molar-refractivity contribution in [3.8, 4) is 5.69 Å². The van der Waals surface area contributed by atoms with Gasteiger partial charge in [0.1, 0.15) is 0 Å². The Morgan fingerprint density at radius 3 is 2.92 bits per heavy atom. The van der Waals surface area contributed by atoms with E-state index in [0.717, 1.165) is 21.8 Å². The van der Waals surface area contributed by atoms with Gasteiger partial charge in [-0.15, -0.1) is 10.2 Å². The Labute approximate surface area is 153 Å². The monoisotopic (exact) mass is 375 g/mol. The van der Waals surface area contributed by atoms with Crippen LogP contribution in [0.5, 0.6) is 0 Å². The van der Waals surface area contributed by atoms with Gasteiger partial charge in [0.2, 0.25) is 11.1 Å². The molecule has 0 unspecified atom stereocenters. The van der Waals surface area contributed by atoms with E-state index in [-0.39, 0.29) is 11.2 Å². The number of tetrazole rings is 1. The number of rotatable bonds is 6.